The van der Waals surface area contributed by atoms with E-state index in [0.29, 0.717) is 0 Å². The van der Waals surface area contributed by atoms with E-state index in [9.17, 15) is 26.4 Å². The fraction of sp³-hybridized carbons (Fsp3) is 0.600. The summed E-state index contributed by atoms with van der Waals surface area (Å²) in [5.74, 6) is -1.14. The van der Waals surface area contributed by atoms with Gasteiger partial charge in [0.05, 0.1) is 0 Å². The van der Waals surface area contributed by atoms with Crippen LogP contribution < -0.4 is 10.1 Å². The first kappa shape index (κ1) is 25.6. The molecule has 1 N–H and O–H groups in total. The number of rotatable bonds is 7. The Bertz CT molecular complexity index is 1040. The van der Waals surface area contributed by atoms with Gasteiger partial charge < -0.3 is 4.74 Å². The van der Waals surface area contributed by atoms with Crippen LogP contribution in [0.3, 0.4) is 0 Å². The first-order chi connectivity index (χ1) is 14.8. The Kier molecular flexibility index (Phi) is 7.46. The Morgan fingerprint density at radius 2 is 2.00 bits per heavy atom. The van der Waals surface area contributed by atoms with Crippen molar-refractivity contribution in [2.45, 2.75) is 66.7 Å². The van der Waals surface area contributed by atoms with Crippen LogP contribution in [0.25, 0.3) is 0 Å². The molecule has 12 heteroatoms. The molecule has 1 aromatic rings. The van der Waals surface area contributed by atoms with Crippen molar-refractivity contribution >= 4 is 49.3 Å². The summed E-state index contributed by atoms with van der Waals surface area (Å²) in [6, 6.07) is 3.31. The Balaban J connectivity index is 1.77. The van der Waals surface area contributed by atoms with Gasteiger partial charge in [0.1, 0.15) is 0 Å². The topological polar surface area (TPSA) is 81.7 Å². The molecule has 2 aliphatic carbocycles. The molecule has 178 valence electrons. The van der Waals surface area contributed by atoms with Gasteiger partial charge in [0.25, 0.3) is 0 Å². The second kappa shape index (κ2) is 9.32. The first-order valence-corrected chi connectivity index (χ1v) is 12.8. The zero-order valence-electron chi connectivity index (χ0n) is 17.2. The summed E-state index contributed by atoms with van der Waals surface area (Å²) in [4.78, 5) is 12.5. The normalized spacial score (nSPS) is 25.6. The summed E-state index contributed by atoms with van der Waals surface area (Å²) in [6.07, 6.45) is -5.53. The number of nitrogens with one attached hydrogen (secondary N) is 1. The molecule has 6 nitrogen and oxygen atoms in total. The number of benzene rings is 1. The molecule has 32 heavy (non-hydrogen) atoms. The van der Waals surface area contributed by atoms with Crippen molar-refractivity contribution in [1.82, 2.24) is 5.32 Å². The van der Waals surface area contributed by atoms with Crippen LogP contribution in [0.4, 0.5) is 13.2 Å². The molecular formula is C20H22ClF3INO5S. The molecule has 2 aliphatic rings. The molecule has 1 aromatic carbocycles. The molecular weight excluding hydrogens is 586 g/mol. The van der Waals surface area contributed by atoms with E-state index >= 15 is 0 Å². The van der Waals surface area contributed by atoms with Crippen molar-refractivity contribution in [3.8, 4) is 9.56 Å². The van der Waals surface area contributed by atoms with E-state index in [1.807, 2.05) is 21.9 Å². The van der Waals surface area contributed by atoms with Crippen LogP contribution in [0.1, 0.15) is 32.6 Å². The van der Waals surface area contributed by atoms with E-state index in [1.165, 1.54) is 7.11 Å². The van der Waals surface area contributed by atoms with E-state index in [0.717, 1.165) is 38.0 Å². The summed E-state index contributed by atoms with van der Waals surface area (Å²) >= 11 is 8.08. The van der Waals surface area contributed by atoms with E-state index in [1.54, 1.807) is 0 Å². The number of halogens is 5. The van der Waals surface area contributed by atoms with Gasteiger partial charge in [-0.2, -0.15) is 13.2 Å². The summed E-state index contributed by atoms with van der Waals surface area (Å²) in [5.41, 5.74) is -0.459. The predicted octanol–water partition coefficient (Wildman–Crippen LogP) is 4.28. The van der Waals surface area contributed by atoms with Gasteiger partial charge in [0.15, 0.2) is 6.10 Å². The molecule has 0 saturated heterocycles. The molecule has 3 rings (SSSR count). The van der Waals surface area contributed by atoms with Gasteiger partial charge in [-0.25, -0.2) is 0 Å². The minimum atomic E-state index is -4.57. The Morgan fingerprint density at radius 1 is 1.34 bits per heavy atom. The molecule has 0 radical (unpaired) electrons. The second-order valence-electron chi connectivity index (χ2n) is 8.08. The summed E-state index contributed by atoms with van der Waals surface area (Å²) < 4.78 is 77.8. The molecule has 1 amide bonds. The molecule has 0 spiro atoms. The van der Waals surface area contributed by atoms with Gasteiger partial charge in [-0.05, 0) is 6.92 Å². The molecule has 0 heterocycles. The van der Waals surface area contributed by atoms with Crippen LogP contribution >= 0.6 is 33.5 Å². The van der Waals surface area contributed by atoms with Gasteiger partial charge >= 0.3 is 172 Å². The third-order valence-electron chi connectivity index (χ3n) is 5.82. The summed E-state index contributed by atoms with van der Waals surface area (Å²) in [5, 5.41) is 1.75. The van der Waals surface area contributed by atoms with Crippen LogP contribution in [0, 0.1) is 9.73 Å². The third kappa shape index (κ3) is 5.38. The predicted molar refractivity (Wildman–Crippen MR) is 120 cm³/mol. The number of sulfone groups is 1. The molecule has 1 unspecified atom stereocenters. The van der Waals surface area contributed by atoms with E-state index in [2.05, 4.69) is 9.13 Å². The number of alkyl halides is 3. The molecule has 2 fully saturated rings. The van der Waals surface area contributed by atoms with Gasteiger partial charge in [-0.1, -0.05) is 0 Å². The SMILES string of the molecule is CO[C@@H]1C[C@H](S(=O)(=O)c2ccc(OC(C)C(F)(F)F)cc2Cl)C[C@H]1C(=O)NC1(C#I)CC1. The van der Waals surface area contributed by atoms with Crippen molar-refractivity contribution in [3.63, 3.8) is 0 Å². The standard InChI is InChI=1S/C20H22ClF3INO5S/c1-11(20(22,23)24)31-12-3-4-17(15(21)7-12)32(28,29)13-8-14(16(9-13)30-2)18(27)26-19(10-25)5-6-19/h3-4,7,11,13-14,16H,5-6,8-9H2,1-2H3,(H,26,27)/t11?,13-,14-,16-/m1/s1. The maximum absolute atomic E-state index is 13.2. The third-order valence-corrected chi connectivity index (χ3v) is 9.51. The fourth-order valence-electron chi connectivity index (χ4n) is 3.68. The average molecular weight is 608 g/mol. The van der Waals surface area contributed by atoms with Gasteiger partial charge in [0.2, 0.25) is 0 Å². The molecule has 2 saturated carbocycles. The van der Waals surface area contributed by atoms with E-state index in [4.69, 9.17) is 21.1 Å². The van der Waals surface area contributed by atoms with E-state index < -0.39 is 44.9 Å². The second-order valence-corrected chi connectivity index (χ2v) is 11.2. The van der Waals surface area contributed by atoms with Gasteiger partial charge in [-0.15, -0.1) is 0 Å². The van der Waals surface area contributed by atoms with Crippen LogP contribution in [0.15, 0.2) is 23.1 Å². The maximum atomic E-state index is 13.2. The average Bonchev–Trinajstić information content (AvgIpc) is 3.33. The van der Waals surface area contributed by atoms with Crippen molar-refractivity contribution in [2.24, 2.45) is 5.92 Å². The number of methoxy groups -OCH3 is 1. The minimum absolute atomic E-state index is 0.0453. The number of hydrogen-bond acceptors (Lipinski definition) is 5. The monoisotopic (exact) mass is 607 g/mol. The van der Waals surface area contributed by atoms with E-state index in [-0.39, 0.29) is 34.4 Å². The Morgan fingerprint density at radius 3 is 2.50 bits per heavy atom. The zero-order valence-corrected chi connectivity index (χ0v) is 20.9. The number of hydrogen-bond donors (Lipinski definition) is 1. The summed E-state index contributed by atoms with van der Waals surface area (Å²) in [7, 11) is -2.55. The quantitative estimate of drug-likeness (QED) is 0.468. The summed E-state index contributed by atoms with van der Waals surface area (Å²) in [6.45, 7) is 0.840. The number of carbonyl (C=O) groups excluding carboxylic acids is 1. The van der Waals surface area contributed by atoms with Crippen LogP contribution in [0.5, 0.6) is 5.75 Å². The van der Waals surface area contributed by atoms with Crippen molar-refractivity contribution < 1.29 is 35.9 Å². The Hall–Kier alpha value is -1.01. The fourth-order valence-corrected chi connectivity index (χ4v) is 6.70. The zero-order chi connectivity index (χ0) is 23.9. The van der Waals surface area contributed by atoms with Crippen LogP contribution in [-0.4, -0.2) is 50.6 Å². The van der Waals surface area contributed by atoms with Crippen molar-refractivity contribution in [1.29, 1.82) is 0 Å². The first-order valence-electron chi connectivity index (χ1n) is 9.82. The molecule has 0 aliphatic heterocycles. The Labute approximate surface area is 202 Å². The van der Waals surface area contributed by atoms with Crippen molar-refractivity contribution in [2.75, 3.05) is 7.11 Å². The van der Waals surface area contributed by atoms with Crippen LogP contribution in [-0.2, 0) is 19.4 Å². The molecule has 0 bridgehead atoms. The number of carbonyl (C=O) groups is 1. The van der Waals surface area contributed by atoms with Crippen LogP contribution in [0.2, 0.25) is 5.02 Å². The van der Waals surface area contributed by atoms with Gasteiger partial charge in [-0.3, -0.25) is 0 Å². The number of ether oxygens (including phenoxy) is 2. The molecule has 4 atom stereocenters. The van der Waals surface area contributed by atoms with Gasteiger partial charge in [0, 0.05) is 0 Å². The van der Waals surface area contributed by atoms with Crippen molar-refractivity contribution in [3.05, 3.63) is 23.2 Å². The number of amides is 1. The molecule has 0 aromatic heterocycles.